The van der Waals surface area contributed by atoms with Crippen LogP contribution in [0.15, 0.2) is 18.2 Å². The fraction of sp³-hybridized carbons (Fsp3) is 0.462. The van der Waals surface area contributed by atoms with Crippen LogP contribution in [0.2, 0.25) is 0 Å². The Hall–Kier alpha value is -1.27. The Morgan fingerprint density at radius 1 is 1.21 bits per heavy atom. The van der Waals surface area contributed by atoms with E-state index < -0.39 is 0 Å². The first-order valence-electron chi connectivity index (χ1n) is 5.87. The van der Waals surface area contributed by atoms with Crippen molar-refractivity contribution in [2.45, 2.75) is 0 Å². The lowest BCUT2D eigenvalue weighted by Crippen LogP contribution is -2.28. The molecule has 0 saturated heterocycles. The number of nitrogens with one attached hydrogen (secondary N) is 1. The van der Waals surface area contributed by atoms with E-state index in [0.717, 1.165) is 5.33 Å². The fourth-order valence-electron chi connectivity index (χ4n) is 1.56. The zero-order valence-electron chi connectivity index (χ0n) is 11.1. The molecule has 0 spiro atoms. The second kappa shape index (κ2) is 8.77. The Balaban J connectivity index is 2.65. The molecule has 0 fully saturated rings. The Morgan fingerprint density at radius 3 is 2.37 bits per heavy atom. The van der Waals surface area contributed by atoms with Gasteiger partial charge in [-0.3, -0.25) is 4.79 Å². The quantitative estimate of drug-likeness (QED) is 0.583. The molecule has 0 aliphatic carbocycles. The number of methoxy groups -OCH3 is 2. The number of hydrogen-bond donors (Lipinski definition) is 1. The van der Waals surface area contributed by atoms with Crippen LogP contribution in [0.3, 0.4) is 0 Å². The molecule has 0 bridgehead atoms. The van der Waals surface area contributed by atoms with Gasteiger partial charge in [0.05, 0.1) is 27.4 Å². The second-order valence-corrected chi connectivity index (χ2v) is 4.39. The van der Waals surface area contributed by atoms with Crippen LogP contribution >= 0.6 is 15.9 Å². The lowest BCUT2D eigenvalue weighted by molar-refractivity contribution is 0.0918. The summed E-state index contributed by atoms with van der Waals surface area (Å²) in [6, 6.07) is 5.21. The number of benzene rings is 1. The third kappa shape index (κ3) is 4.72. The summed E-state index contributed by atoms with van der Waals surface area (Å²) in [6.07, 6.45) is 0. The molecule has 19 heavy (non-hydrogen) atoms. The molecule has 106 valence electrons. The van der Waals surface area contributed by atoms with Gasteiger partial charge < -0.3 is 19.5 Å². The largest absolute Gasteiger partial charge is 0.496 e. The zero-order valence-corrected chi connectivity index (χ0v) is 12.7. The van der Waals surface area contributed by atoms with Crippen molar-refractivity contribution < 1.29 is 19.0 Å². The molecule has 0 atom stereocenters. The first-order valence-corrected chi connectivity index (χ1v) is 6.99. The molecular formula is C13H18BrNO4. The van der Waals surface area contributed by atoms with Crippen molar-refractivity contribution in [2.24, 2.45) is 0 Å². The highest BCUT2D eigenvalue weighted by atomic mass is 79.9. The molecule has 1 aromatic carbocycles. The summed E-state index contributed by atoms with van der Waals surface area (Å²) in [6.45, 7) is 1.52. The molecule has 0 aliphatic heterocycles. The Bertz CT molecular complexity index is 389. The molecule has 0 saturated carbocycles. The summed E-state index contributed by atoms with van der Waals surface area (Å²) in [5.41, 5.74) is 0.396. The molecule has 6 heteroatoms. The maximum Gasteiger partial charge on any atom is 0.258 e. The van der Waals surface area contributed by atoms with E-state index in [1.165, 1.54) is 14.2 Å². The van der Waals surface area contributed by atoms with Gasteiger partial charge in [0, 0.05) is 11.9 Å². The predicted octanol–water partition coefficient (Wildman–Crippen LogP) is 1.85. The monoisotopic (exact) mass is 331 g/mol. The maximum atomic E-state index is 12.1. The van der Waals surface area contributed by atoms with Gasteiger partial charge in [0.1, 0.15) is 17.1 Å². The molecular weight excluding hydrogens is 314 g/mol. The van der Waals surface area contributed by atoms with Gasteiger partial charge in [-0.1, -0.05) is 22.0 Å². The van der Waals surface area contributed by atoms with E-state index in [1.807, 2.05) is 0 Å². The van der Waals surface area contributed by atoms with Crippen LogP contribution in [0.1, 0.15) is 10.4 Å². The van der Waals surface area contributed by atoms with Crippen LogP contribution < -0.4 is 14.8 Å². The van der Waals surface area contributed by atoms with Crippen molar-refractivity contribution in [1.82, 2.24) is 5.32 Å². The number of halogens is 1. The van der Waals surface area contributed by atoms with Crippen LogP contribution in [-0.4, -0.2) is 45.2 Å². The molecule has 5 nitrogen and oxygen atoms in total. The van der Waals surface area contributed by atoms with Gasteiger partial charge in [0.15, 0.2) is 0 Å². The van der Waals surface area contributed by atoms with Gasteiger partial charge in [0.25, 0.3) is 5.91 Å². The minimum Gasteiger partial charge on any atom is -0.496 e. The first kappa shape index (κ1) is 15.8. The average Bonchev–Trinajstić information content (AvgIpc) is 2.45. The molecule has 1 rings (SSSR count). The summed E-state index contributed by atoms with van der Waals surface area (Å²) in [7, 11) is 3.04. The summed E-state index contributed by atoms with van der Waals surface area (Å²) >= 11 is 3.26. The molecule has 1 amide bonds. The summed E-state index contributed by atoms with van der Waals surface area (Å²) in [5.74, 6) is 0.730. The van der Waals surface area contributed by atoms with Gasteiger partial charge in [-0.05, 0) is 12.1 Å². The van der Waals surface area contributed by atoms with Gasteiger partial charge in [-0.15, -0.1) is 0 Å². The van der Waals surface area contributed by atoms with Crippen molar-refractivity contribution in [3.8, 4) is 11.5 Å². The number of hydrogen-bond acceptors (Lipinski definition) is 4. The summed E-state index contributed by atoms with van der Waals surface area (Å²) < 4.78 is 15.6. The molecule has 0 unspecified atom stereocenters. The van der Waals surface area contributed by atoms with E-state index in [-0.39, 0.29) is 5.91 Å². The minimum atomic E-state index is -0.239. The third-order valence-electron chi connectivity index (χ3n) is 2.41. The van der Waals surface area contributed by atoms with E-state index in [4.69, 9.17) is 14.2 Å². The van der Waals surface area contributed by atoms with Gasteiger partial charge in [-0.25, -0.2) is 0 Å². The standard InChI is InChI=1S/C13H18BrNO4/c1-17-10-4-3-5-11(18-2)12(10)13(16)15-7-9-19-8-6-14/h3-5H,6-9H2,1-2H3,(H,15,16). The van der Waals surface area contributed by atoms with Crippen LogP contribution in [0.5, 0.6) is 11.5 Å². The minimum absolute atomic E-state index is 0.239. The molecule has 1 aromatic rings. The van der Waals surface area contributed by atoms with Gasteiger partial charge in [-0.2, -0.15) is 0 Å². The topological polar surface area (TPSA) is 56.8 Å². The van der Waals surface area contributed by atoms with Crippen LogP contribution in [-0.2, 0) is 4.74 Å². The van der Waals surface area contributed by atoms with E-state index in [0.29, 0.717) is 36.8 Å². The van der Waals surface area contributed by atoms with Gasteiger partial charge in [0.2, 0.25) is 0 Å². The molecule has 0 aromatic heterocycles. The van der Waals surface area contributed by atoms with E-state index >= 15 is 0 Å². The number of alkyl halides is 1. The van der Waals surface area contributed by atoms with Gasteiger partial charge >= 0.3 is 0 Å². The van der Waals surface area contributed by atoms with Crippen LogP contribution in [0.25, 0.3) is 0 Å². The van der Waals surface area contributed by atoms with E-state index in [2.05, 4.69) is 21.2 Å². The van der Waals surface area contributed by atoms with E-state index in [1.54, 1.807) is 18.2 Å². The number of carbonyl (C=O) groups excluding carboxylic acids is 1. The smallest absolute Gasteiger partial charge is 0.258 e. The Labute approximate surface area is 121 Å². The lowest BCUT2D eigenvalue weighted by atomic mass is 10.1. The van der Waals surface area contributed by atoms with Crippen LogP contribution in [0, 0.1) is 0 Å². The third-order valence-corrected chi connectivity index (χ3v) is 2.73. The SMILES string of the molecule is COc1cccc(OC)c1C(=O)NCCOCCBr. The van der Waals surface area contributed by atoms with E-state index in [9.17, 15) is 4.79 Å². The number of carbonyl (C=O) groups is 1. The number of ether oxygens (including phenoxy) is 3. The molecule has 0 aliphatic rings. The summed E-state index contributed by atoms with van der Waals surface area (Å²) in [5, 5.41) is 3.55. The second-order valence-electron chi connectivity index (χ2n) is 3.59. The molecule has 1 N–H and O–H groups in total. The van der Waals surface area contributed by atoms with Crippen molar-refractivity contribution in [3.63, 3.8) is 0 Å². The molecule has 0 heterocycles. The zero-order chi connectivity index (χ0) is 14.1. The Kier molecular flexibility index (Phi) is 7.28. The van der Waals surface area contributed by atoms with Crippen molar-refractivity contribution in [2.75, 3.05) is 39.3 Å². The first-order chi connectivity index (χ1) is 9.24. The fourth-order valence-corrected chi connectivity index (χ4v) is 1.79. The van der Waals surface area contributed by atoms with Crippen molar-refractivity contribution in [1.29, 1.82) is 0 Å². The number of amides is 1. The highest BCUT2D eigenvalue weighted by molar-refractivity contribution is 9.09. The maximum absolute atomic E-state index is 12.1. The van der Waals surface area contributed by atoms with Crippen molar-refractivity contribution >= 4 is 21.8 Å². The summed E-state index contributed by atoms with van der Waals surface area (Å²) in [4.78, 5) is 12.1. The normalized spacial score (nSPS) is 10.1. The van der Waals surface area contributed by atoms with Crippen LogP contribution in [0.4, 0.5) is 0 Å². The average molecular weight is 332 g/mol. The molecule has 0 radical (unpaired) electrons. The number of rotatable bonds is 8. The highest BCUT2D eigenvalue weighted by Gasteiger charge is 2.17. The predicted molar refractivity (Wildman–Crippen MR) is 76.5 cm³/mol. The Morgan fingerprint density at radius 2 is 1.84 bits per heavy atom. The van der Waals surface area contributed by atoms with Crippen molar-refractivity contribution in [3.05, 3.63) is 23.8 Å². The lowest BCUT2D eigenvalue weighted by Gasteiger charge is -2.12. The highest BCUT2D eigenvalue weighted by Crippen LogP contribution is 2.27.